The summed E-state index contributed by atoms with van der Waals surface area (Å²) >= 11 is 0. The van der Waals surface area contributed by atoms with E-state index in [1.165, 1.54) is 24.3 Å². The first-order valence-electron chi connectivity index (χ1n) is 3.15. The number of fused-ring (bicyclic) bond motifs is 1. The molecule has 0 atom stereocenters. The fourth-order valence-corrected chi connectivity index (χ4v) is 1.06. The zero-order valence-corrected chi connectivity index (χ0v) is 5.94. The van der Waals surface area contributed by atoms with Gasteiger partial charge in [0, 0.05) is 6.07 Å². The van der Waals surface area contributed by atoms with Gasteiger partial charge in [-0.2, -0.15) is 4.73 Å². The molecule has 0 radical (unpaired) electrons. The maximum absolute atomic E-state index is 9.22. The Morgan fingerprint density at radius 2 is 2.45 bits per heavy atom. The van der Waals surface area contributed by atoms with Crippen molar-refractivity contribution >= 4 is 11.1 Å². The van der Waals surface area contributed by atoms with Gasteiger partial charge >= 0.3 is 0 Å². The Morgan fingerprint density at radius 3 is 3.18 bits per heavy atom. The zero-order valence-electron chi connectivity index (χ0n) is 5.94. The molecule has 11 heavy (non-hydrogen) atoms. The highest BCUT2D eigenvalue weighted by atomic mass is 16.6. The van der Waals surface area contributed by atoms with Crippen LogP contribution >= 0.6 is 0 Å². The molecule has 0 unspecified atom stereocenters. The summed E-state index contributed by atoms with van der Waals surface area (Å²) < 4.78 is 6.42. The summed E-state index contributed by atoms with van der Waals surface area (Å²) in [5, 5.41) is 9.22. The number of hydrogen-bond donors (Lipinski definition) is 1. The van der Waals surface area contributed by atoms with Crippen molar-refractivity contribution in [1.82, 2.24) is 4.73 Å². The molecule has 0 aromatic carbocycles. The van der Waals surface area contributed by atoms with Gasteiger partial charge in [0.05, 0.1) is 12.5 Å². The first-order valence-corrected chi connectivity index (χ1v) is 3.15. The Kier molecular flexibility index (Phi) is 1.09. The second kappa shape index (κ2) is 1.95. The predicted octanol–water partition coefficient (Wildman–Crippen LogP) is 0.998. The lowest BCUT2D eigenvalue weighted by Crippen LogP contribution is -2.01. The standard InChI is InChI=1S/C7H7NO3/c1-10-8-4-6(9)7-5(8)2-3-11-7/h2-4,9H,1H3. The molecule has 0 bridgehead atoms. The van der Waals surface area contributed by atoms with Crippen molar-refractivity contribution in [3.63, 3.8) is 0 Å². The Morgan fingerprint density at radius 1 is 1.64 bits per heavy atom. The highest BCUT2D eigenvalue weighted by Crippen LogP contribution is 2.26. The van der Waals surface area contributed by atoms with Crippen LogP contribution < -0.4 is 4.84 Å². The third kappa shape index (κ3) is 0.690. The fourth-order valence-electron chi connectivity index (χ4n) is 1.06. The number of furan rings is 1. The lowest BCUT2D eigenvalue weighted by atomic mass is 10.5. The maximum Gasteiger partial charge on any atom is 0.196 e. The van der Waals surface area contributed by atoms with Gasteiger partial charge in [0.25, 0.3) is 0 Å². The molecule has 58 valence electrons. The van der Waals surface area contributed by atoms with Gasteiger partial charge in [-0.1, -0.05) is 0 Å². The van der Waals surface area contributed by atoms with Gasteiger partial charge in [-0.15, -0.1) is 0 Å². The van der Waals surface area contributed by atoms with E-state index < -0.39 is 0 Å². The highest BCUT2D eigenvalue weighted by Gasteiger charge is 2.09. The molecular formula is C7H7NO3. The van der Waals surface area contributed by atoms with Gasteiger partial charge in [0.15, 0.2) is 11.3 Å². The summed E-state index contributed by atoms with van der Waals surface area (Å²) in [6.45, 7) is 0. The quantitative estimate of drug-likeness (QED) is 0.664. The van der Waals surface area contributed by atoms with Crippen LogP contribution in [-0.2, 0) is 0 Å². The summed E-state index contributed by atoms with van der Waals surface area (Å²) in [5.74, 6) is 0.0897. The number of nitrogens with zero attached hydrogens (tertiary/aromatic N) is 1. The van der Waals surface area contributed by atoms with Crippen LogP contribution in [0.15, 0.2) is 22.9 Å². The monoisotopic (exact) mass is 153 g/mol. The zero-order chi connectivity index (χ0) is 7.84. The van der Waals surface area contributed by atoms with Crippen molar-refractivity contribution in [1.29, 1.82) is 0 Å². The van der Waals surface area contributed by atoms with Crippen LogP contribution in [0.2, 0.25) is 0 Å². The van der Waals surface area contributed by atoms with Crippen LogP contribution in [0.25, 0.3) is 11.1 Å². The lowest BCUT2D eigenvalue weighted by molar-refractivity contribution is 0.178. The minimum absolute atomic E-state index is 0.0897. The Hall–Kier alpha value is -1.58. The third-order valence-electron chi connectivity index (χ3n) is 1.55. The van der Waals surface area contributed by atoms with Crippen molar-refractivity contribution in [3.8, 4) is 5.75 Å². The molecule has 2 aromatic heterocycles. The summed E-state index contributed by atoms with van der Waals surface area (Å²) in [6.07, 6.45) is 2.95. The average molecular weight is 153 g/mol. The molecule has 0 saturated heterocycles. The average Bonchev–Trinajstić information content (AvgIpc) is 2.54. The molecule has 2 aromatic rings. The van der Waals surface area contributed by atoms with Crippen LogP contribution in [0.5, 0.6) is 5.75 Å². The van der Waals surface area contributed by atoms with Crippen molar-refractivity contribution in [2.45, 2.75) is 0 Å². The molecule has 2 heterocycles. The summed E-state index contributed by atoms with van der Waals surface area (Å²) in [4.78, 5) is 4.90. The number of aromatic hydroxyl groups is 1. The molecule has 2 rings (SSSR count). The van der Waals surface area contributed by atoms with Crippen LogP contribution in [0.3, 0.4) is 0 Å². The molecule has 0 aliphatic carbocycles. The van der Waals surface area contributed by atoms with Gasteiger partial charge in [0.2, 0.25) is 0 Å². The molecule has 0 amide bonds. The van der Waals surface area contributed by atoms with E-state index in [9.17, 15) is 5.11 Å². The first kappa shape index (κ1) is 6.15. The lowest BCUT2D eigenvalue weighted by Gasteiger charge is -1.96. The van der Waals surface area contributed by atoms with Crippen LogP contribution in [0.1, 0.15) is 0 Å². The first-order chi connectivity index (χ1) is 5.33. The van der Waals surface area contributed by atoms with E-state index in [1.54, 1.807) is 6.07 Å². The van der Waals surface area contributed by atoms with Gasteiger partial charge in [-0.3, -0.25) is 0 Å². The fraction of sp³-hybridized carbons (Fsp3) is 0.143. The molecule has 4 nitrogen and oxygen atoms in total. The van der Waals surface area contributed by atoms with Gasteiger partial charge < -0.3 is 14.4 Å². The van der Waals surface area contributed by atoms with Gasteiger partial charge in [-0.05, 0) is 0 Å². The summed E-state index contributed by atoms with van der Waals surface area (Å²) in [7, 11) is 1.52. The Balaban J connectivity index is 2.80. The molecule has 0 aliphatic heterocycles. The highest BCUT2D eigenvalue weighted by molar-refractivity contribution is 5.80. The molecule has 0 fully saturated rings. The van der Waals surface area contributed by atoms with Crippen molar-refractivity contribution in [2.75, 3.05) is 7.11 Å². The Labute approximate surface area is 62.6 Å². The number of hydrogen-bond acceptors (Lipinski definition) is 3. The van der Waals surface area contributed by atoms with E-state index in [1.807, 2.05) is 0 Å². The smallest absolute Gasteiger partial charge is 0.196 e. The SMILES string of the molecule is COn1cc(O)c2occc21. The summed E-state index contributed by atoms with van der Waals surface area (Å²) in [6, 6.07) is 1.72. The molecule has 4 heteroatoms. The second-order valence-corrected chi connectivity index (χ2v) is 2.16. The van der Waals surface area contributed by atoms with Crippen LogP contribution in [0, 0.1) is 0 Å². The molecule has 1 N–H and O–H groups in total. The predicted molar refractivity (Wildman–Crippen MR) is 38.4 cm³/mol. The minimum Gasteiger partial charge on any atom is -0.503 e. The van der Waals surface area contributed by atoms with E-state index in [0.29, 0.717) is 5.58 Å². The van der Waals surface area contributed by atoms with Crippen LogP contribution in [-0.4, -0.2) is 16.9 Å². The topological polar surface area (TPSA) is 47.5 Å². The largest absolute Gasteiger partial charge is 0.503 e. The van der Waals surface area contributed by atoms with Gasteiger partial charge in [-0.25, -0.2) is 0 Å². The molecular weight excluding hydrogens is 146 g/mol. The normalized spacial score (nSPS) is 10.6. The summed E-state index contributed by atoms with van der Waals surface area (Å²) in [5.41, 5.74) is 1.18. The van der Waals surface area contributed by atoms with E-state index in [2.05, 4.69) is 0 Å². The van der Waals surface area contributed by atoms with Crippen molar-refractivity contribution in [2.24, 2.45) is 0 Å². The minimum atomic E-state index is 0.0897. The van der Waals surface area contributed by atoms with Crippen molar-refractivity contribution in [3.05, 3.63) is 18.5 Å². The maximum atomic E-state index is 9.22. The van der Waals surface area contributed by atoms with E-state index in [-0.39, 0.29) is 5.75 Å². The number of aromatic nitrogens is 1. The van der Waals surface area contributed by atoms with Crippen molar-refractivity contribution < 1.29 is 14.4 Å². The van der Waals surface area contributed by atoms with E-state index in [4.69, 9.17) is 9.25 Å². The van der Waals surface area contributed by atoms with Gasteiger partial charge in [0.1, 0.15) is 12.6 Å². The van der Waals surface area contributed by atoms with Crippen LogP contribution in [0.4, 0.5) is 0 Å². The Bertz CT molecular complexity index is 374. The van der Waals surface area contributed by atoms with E-state index >= 15 is 0 Å². The second-order valence-electron chi connectivity index (χ2n) is 2.16. The third-order valence-corrected chi connectivity index (χ3v) is 1.55. The molecule has 0 saturated carbocycles. The molecule has 0 aliphatic rings. The molecule has 0 spiro atoms. The number of rotatable bonds is 1. The van der Waals surface area contributed by atoms with E-state index in [0.717, 1.165) is 5.52 Å².